The summed E-state index contributed by atoms with van der Waals surface area (Å²) in [5.41, 5.74) is 1.07. The fourth-order valence-electron chi connectivity index (χ4n) is 2.04. The predicted octanol–water partition coefficient (Wildman–Crippen LogP) is 4.17. The van der Waals surface area contributed by atoms with E-state index in [2.05, 4.69) is 4.98 Å². The Kier molecular flexibility index (Phi) is 4.33. The fraction of sp³-hybridized carbons (Fsp3) is 0.133. The van der Waals surface area contributed by atoms with Crippen molar-refractivity contribution in [2.75, 3.05) is 0 Å². The Morgan fingerprint density at radius 2 is 2.05 bits per heavy atom. The van der Waals surface area contributed by atoms with Crippen LogP contribution in [0.4, 0.5) is 0 Å². The molecule has 7 heteroatoms. The van der Waals surface area contributed by atoms with Crippen molar-refractivity contribution in [1.29, 1.82) is 0 Å². The molecule has 4 nitrogen and oxygen atoms in total. The lowest BCUT2D eigenvalue weighted by molar-refractivity contribution is 0.573. The highest BCUT2D eigenvalue weighted by molar-refractivity contribution is 7.89. The number of thiophene rings is 1. The van der Waals surface area contributed by atoms with E-state index in [4.69, 9.17) is 16.0 Å². The first-order chi connectivity index (χ1) is 10.5. The SMILES string of the molecule is O=S(=O)(Cc1cccc(Cl)c1)Cc1coc(-c2cccs2)n1. The maximum atomic E-state index is 12.3. The number of halogens is 1. The zero-order valence-corrected chi connectivity index (χ0v) is 13.8. The average Bonchev–Trinajstić information content (AvgIpc) is 3.07. The van der Waals surface area contributed by atoms with Gasteiger partial charge in [-0.1, -0.05) is 29.8 Å². The van der Waals surface area contributed by atoms with Crippen molar-refractivity contribution in [3.8, 4) is 10.8 Å². The molecular weight excluding hydrogens is 342 g/mol. The number of benzene rings is 1. The standard InChI is InChI=1S/C15H12ClNO3S2/c16-12-4-1-3-11(7-12)9-22(18,19)10-13-8-20-15(17-13)14-5-2-6-21-14/h1-8H,9-10H2. The molecule has 0 aliphatic heterocycles. The molecule has 3 rings (SSSR count). The summed E-state index contributed by atoms with van der Waals surface area (Å²) >= 11 is 7.36. The Morgan fingerprint density at radius 3 is 2.77 bits per heavy atom. The summed E-state index contributed by atoms with van der Waals surface area (Å²) in [6, 6.07) is 10.6. The van der Waals surface area contributed by atoms with Crippen molar-refractivity contribution in [1.82, 2.24) is 4.98 Å². The molecule has 22 heavy (non-hydrogen) atoms. The molecule has 2 aromatic heterocycles. The summed E-state index contributed by atoms with van der Waals surface area (Å²) in [7, 11) is -3.34. The monoisotopic (exact) mass is 353 g/mol. The minimum absolute atomic E-state index is 0.0746. The number of sulfone groups is 1. The van der Waals surface area contributed by atoms with E-state index in [0.717, 1.165) is 4.88 Å². The first kappa shape index (κ1) is 15.3. The minimum Gasteiger partial charge on any atom is -0.444 e. The van der Waals surface area contributed by atoms with Crippen molar-refractivity contribution in [2.45, 2.75) is 11.5 Å². The first-order valence-electron chi connectivity index (χ1n) is 6.45. The molecule has 0 radical (unpaired) electrons. The van der Waals surface area contributed by atoms with Gasteiger partial charge in [0.25, 0.3) is 0 Å². The second-order valence-electron chi connectivity index (χ2n) is 4.78. The van der Waals surface area contributed by atoms with Crippen LogP contribution in [0.5, 0.6) is 0 Å². The van der Waals surface area contributed by atoms with Crippen molar-refractivity contribution >= 4 is 32.8 Å². The van der Waals surface area contributed by atoms with Gasteiger partial charge in [0.15, 0.2) is 9.84 Å². The van der Waals surface area contributed by atoms with Crippen LogP contribution in [-0.2, 0) is 21.3 Å². The van der Waals surface area contributed by atoms with E-state index in [1.165, 1.54) is 17.6 Å². The van der Waals surface area contributed by atoms with Crippen LogP contribution in [0.3, 0.4) is 0 Å². The van der Waals surface area contributed by atoms with Crippen molar-refractivity contribution < 1.29 is 12.8 Å². The van der Waals surface area contributed by atoms with Gasteiger partial charge in [0, 0.05) is 5.02 Å². The Labute approximate surface area is 137 Å². The number of aromatic nitrogens is 1. The Bertz CT molecular complexity index is 870. The van der Waals surface area contributed by atoms with Gasteiger partial charge in [-0.3, -0.25) is 0 Å². The first-order valence-corrected chi connectivity index (χ1v) is 9.53. The number of oxazole rings is 1. The molecule has 0 fully saturated rings. The van der Waals surface area contributed by atoms with E-state index in [1.54, 1.807) is 24.3 Å². The third-order valence-electron chi connectivity index (χ3n) is 2.93. The molecule has 0 aliphatic carbocycles. The second-order valence-corrected chi connectivity index (χ2v) is 8.23. The average molecular weight is 354 g/mol. The maximum absolute atomic E-state index is 12.3. The summed E-state index contributed by atoms with van der Waals surface area (Å²) in [5.74, 6) is 0.214. The molecule has 0 amide bonds. The van der Waals surface area contributed by atoms with Gasteiger partial charge >= 0.3 is 0 Å². The quantitative estimate of drug-likeness (QED) is 0.690. The van der Waals surface area contributed by atoms with Gasteiger partial charge in [-0.25, -0.2) is 13.4 Å². The molecule has 0 unspecified atom stereocenters. The normalized spacial score (nSPS) is 11.7. The topological polar surface area (TPSA) is 60.2 Å². The van der Waals surface area contributed by atoms with Crippen LogP contribution in [-0.4, -0.2) is 13.4 Å². The van der Waals surface area contributed by atoms with Crippen molar-refractivity contribution in [3.63, 3.8) is 0 Å². The van der Waals surface area contributed by atoms with E-state index in [0.29, 0.717) is 22.2 Å². The van der Waals surface area contributed by atoms with Crippen LogP contribution >= 0.6 is 22.9 Å². The number of hydrogen-bond donors (Lipinski definition) is 0. The van der Waals surface area contributed by atoms with Gasteiger partial charge < -0.3 is 4.42 Å². The van der Waals surface area contributed by atoms with Gasteiger partial charge in [-0.2, -0.15) is 0 Å². The fourth-order valence-corrected chi connectivity index (χ4v) is 4.28. The number of rotatable bonds is 5. The van der Waals surface area contributed by atoms with Gasteiger partial charge in [0.2, 0.25) is 5.89 Å². The van der Waals surface area contributed by atoms with E-state index < -0.39 is 9.84 Å². The minimum atomic E-state index is -3.34. The molecule has 0 saturated heterocycles. The summed E-state index contributed by atoms with van der Waals surface area (Å²) in [6.45, 7) is 0. The zero-order valence-electron chi connectivity index (χ0n) is 11.4. The molecule has 1 aromatic carbocycles. The molecule has 0 atom stereocenters. The third kappa shape index (κ3) is 3.76. The lowest BCUT2D eigenvalue weighted by Gasteiger charge is -2.03. The summed E-state index contributed by atoms with van der Waals surface area (Å²) in [6.07, 6.45) is 1.39. The van der Waals surface area contributed by atoms with Gasteiger partial charge in [0.1, 0.15) is 6.26 Å². The largest absolute Gasteiger partial charge is 0.444 e. The molecule has 0 spiro atoms. The molecule has 0 aliphatic rings. The summed E-state index contributed by atoms with van der Waals surface area (Å²) in [4.78, 5) is 5.11. The molecule has 0 saturated carbocycles. The van der Waals surface area contributed by atoms with Crippen molar-refractivity contribution in [3.05, 3.63) is 64.3 Å². The van der Waals surface area contributed by atoms with Crippen LogP contribution in [0, 0.1) is 0 Å². The van der Waals surface area contributed by atoms with Gasteiger partial charge in [-0.05, 0) is 29.1 Å². The Balaban J connectivity index is 1.74. The highest BCUT2D eigenvalue weighted by atomic mass is 35.5. The van der Waals surface area contributed by atoms with E-state index in [1.807, 2.05) is 17.5 Å². The molecule has 0 bridgehead atoms. The lowest BCUT2D eigenvalue weighted by Crippen LogP contribution is -2.07. The highest BCUT2D eigenvalue weighted by Gasteiger charge is 2.17. The second kappa shape index (κ2) is 6.24. The van der Waals surface area contributed by atoms with E-state index in [9.17, 15) is 8.42 Å². The molecule has 114 valence electrons. The van der Waals surface area contributed by atoms with E-state index in [-0.39, 0.29) is 11.5 Å². The van der Waals surface area contributed by atoms with Crippen LogP contribution in [0.2, 0.25) is 5.02 Å². The Morgan fingerprint density at radius 1 is 1.18 bits per heavy atom. The van der Waals surface area contributed by atoms with Gasteiger partial charge in [0.05, 0.1) is 22.1 Å². The molecule has 3 aromatic rings. The van der Waals surface area contributed by atoms with Crippen LogP contribution in [0.15, 0.2) is 52.5 Å². The zero-order chi connectivity index (χ0) is 15.6. The number of hydrogen-bond acceptors (Lipinski definition) is 5. The third-order valence-corrected chi connectivity index (χ3v) is 5.53. The maximum Gasteiger partial charge on any atom is 0.236 e. The van der Waals surface area contributed by atoms with Crippen LogP contribution < -0.4 is 0 Å². The molecular formula is C15H12ClNO3S2. The Hall–Kier alpha value is -1.63. The van der Waals surface area contributed by atoms with Crippen LogP contribution in [0.25, 0.3) is 10.8 Å². The summed E-state index contributed by atoms with van der Waals surface area (Å²) in [5, 5.41) is 2.43. The number of nitrogens with zero attached hydrogens (tertiary/aromatic N) is 1. The van der Waals surface area contributed by atoms with Gasteiger partial charge in [-0.15, -0.1) is 11.3 Å². The smallest absolute Gasteiger partial charge is 0.236 e. The van der Waals surface area contributed by atoms with Crippen LogP contribution in [0.1, 0.15) is 11.3 Å². The summed E-state index contributed by atoms with van der Waals surface area (Å²) < 4.78 is 29.8. The lowest BCUT2D eigenvalue weighted by atomic mass is 10.2. The molecule has 0 N–H and O–H groups in total. The van der Waals surface area contributed by atoms with E-state index >= 15 is 0 Å². The highest BCUT2D eigenvalue weighted by Crippen LogP contribution is 2.24. The molecule has 2 heterocycles. The predicted molar refractivity (Wildman–Crippen MR) is 87.6 cm³/mol. The van der Waals surface area contributed by atoms with Crippen molar-refractivity contribution in [2.24, 2.45) is 0 Å².